The Morgan fingerprint density at radius 2 is 1.75 bits per heavy atom. The topological polar surface area (TPSA) is 70.0 Å². The summed E-state index contributed by atoms with van der Waals surface area (Å²) in [7, 11) is 1.64. The van der Waals surface area contributed by atoms with E-state index in [-0.39, 0.29) is 17.1 Å². The molecule has 0 saturated heterocycles. The molecular weight excluding hydrogens is 456 g/mol. The lowest BCUT2D eigenvalue weighted by molar-refractivity contribution is 0.0585. The van der Waals surface area contributed by atoms with Gasteiger partial charge in [-0.1, -0.05) is 34.1 Å². The zero-order chi connectivity index (χ0) is 26.7. The number of aromatic nitrogens is 1. The van der Waals surface area contributed by atoms with Gasteiger partial charge in [0.05, 0.1) is 18.1 Å². The summed E-state index contributed by atoms with van der Waals surface area (Å²) >= 11 is 0. The lowest BCUT2D eigenvalue weighted by Crippen LogP contribution is -2.39. The van der Waals surface area contributed by atoms with Gasteiger partial charge in [0.25, 0.3) is 5.56 Å². The molecule has 0 spiro atoms. The lowest BCUT2D eigenvalue weighted by atomic mass is 9.96. The Balaban J connectivity index is 2.24. The third kappa shape index (κ3) is 6.95. The Morgan fingerprint density at radius 3 is 2.33 bits per heavy atom. The molecule has 1 aromatic carbocycles. The Bertz CT molecular complexity index is 1120. The molecule has 1 aromatic heterocycles. The van der Waals surface area contributed by atoms with Gasteiger partial charge in [0.15, 0.2) is 11.6 Å². The molecule has 200 valence electrons. The average molecular weight is 501 g/mol. The third-order valence-corrected chi connectivity index (χ3v) is 6.14. The van der Waals surface area contributed by atoms with Crippen LogP contribution in [0.5, 0.6) is 11.5 Å². The van der Waals surface area contributed by atoms with E-state index in [1.54, 1.807) is 11.6 Å². The van der Waals surface area contributed by atoms with E-state index in [9.17, 15) is 9.59 Å². The molecular formula is C29H44N2O5. The fraction of sp³-hybridized carbons (Fsp3) is 0.655. The molecule has 1 aliphatic rings. The molecule has 0 N–H and O–H groups in total. The predicted molar refractivity (Wildman–Crippen MR) is 146 cm³/mol. The van der Waals surface area contributed by atoms with Crippen LogP contribution in [0.3, 0.4) is 0 Å². The van der Waals surface area contributed by atoms with Gasteiger partial charge in [-0.3, -0.25) is 14.3 Å². The van der Waals surface area contributed by atoms with E-state index in [2.05, 4.69) is 27.7 Å². The number of hydrogen-bond donors (Lipinski definition) is 0. The summed E-state index contributed by atoms with van der Waals surface area (Å²) in [6.07, 6.45) is 5.90. The number of fused-ring (bicyclic) bond motifs is 1. The minimum absolute atomic E-state index is 0.166. The summed E-state index contributed by atoms with van der Waals surface area (Å²) in [5, 5.41) is 1.20. The van der Waals surface area contributed by atoms with Crippen LogP contribution >= 0.6 is 0 Å². The van der Waals surface area contributed by atoms with Crippen LogP contribution in [0.25, 0.3) is 10.8 Å². The first kappa shape index (κ1) is 27.9. The Hall–Kier alpha value is -2.70. The number of anilines is 1. The SMILES string of the molecule is CCCCOc1c(N(C)C(=O)OC(C)(C)C)n(CC(C)(C)C)c(=O)c2ccc(OC3CCCC3)cc12. The molecule has 0 radical (unpaired) electrons. The summed E-state index contributed by atoms with van der Waals surface area (Å²) in [5.74, 6) is 1.63. The van der Waals surface area contributed by atoms with Crippen LogP contribution < -0.4 is 19.9 Å². The standard InChI is InChI=1S/C29H44N2O5/c1-9-10-17-34-24-23-18-21(35-20-13-11-12-14-20)15-16-22(23)26(32)31(19-28(2,3)4)25(24)30(8)27(33)36-29(5,6)7/h15-16,18,20H,9-14,17,19H2,1-8H3. The molecule has 0 atom stereocenters. The highest BCUT2D eigenvalue weighted by Gasteiger charge is 2.30. The summed E-state index contributed by atoms with van der Waals surface area (Å²) in [6.45, 7) is 14.7. The molecule has 1 heterocycles. The van der Waals surface area contributed by atoms with Crippen LogP contribution in [0.4, 0.5) is 10.6 Å². The van der Waals surface area contributed by atoms with Crippen LogP contribution in [-0.4, -0.2) is 36.0 Å². The van der Waals surface area contributed by atoms with Crippen LogP contribution in [0, 0.1) is 5.41 Å². The molecule has 7 heteroatoms. The van der Waals surface area contributed by atoms with Gasteiger partial charge in [-0.05, 0) is 76.5 Å². The van der Waals surface area contributed by atoms with E-state index in [4.69, 9.17) is 14.2 Å². The quantitative estimate of drug-likeness (QED) is 0.368. The maximum absolute atomic E-state index is 13.9. The first-order chi connectivity index (χ1) is 16.8. The zero-order valence-electron chi connectivity index (χ0n) is 23.4. The highest BCUT2D eigenvalue weighted by molar-refractivity contribution is 5.97. The minimum Gasteiger partial charge on any atom is -0.490 e. The Labute approximate surface area is 215 Å². The van der Waals surface area contributed by atoms with Crippen LogP contribution in [0.2, 0.25) is 0 Å². The van der Waals surface area contributed by atoms with Gasteiger partial charge in [-0.2, -0.15) is 0 Å². The average Bonchev–Trinajstić information content (AvgIpc) is 3.27. The number of hydrogen-bond acceptors (Lipinski definition) is 5. The summed E-state index contributed by atoms with van der Waals surface area (Å²) < 4.78 is 20.0. The molecule has 0 bridgehead atoms. The number of ether oxygens (including phenoxy) is 3. The van der Waals surface area contributed by atoms with Crippen molar-refractivity contribution in [3.05, 3.63) is 28.6 Å². The highest BCUT2D eigenvalue weighted by Crippen LogP contribution is 2.38. The number of amides is 1. The third-order valence-electron chi connectivity index (χ3n) is 6.14. The molecule has 1 amide bonds. The normalized spacial score (nSPS) is 14.8. The maximum Gasteiger partial charge on any atom is 0.415 e. The van der Waals surface area contributed by atoms with Crippen LogP contribution in [-0.2, 0) is 11.3 Å². The van der Waals surface area contributed by atoms with Gasteiger partial charge in [0.1, 0.15) is 11.4 Å². The second-order valence-electron chi connectivity index (χ2n) is 12.1. The largest absolute Gasteiger partial charge is 0.490 e. The molecule has 1 fully saturated rings. The summed E-state index contributed by atoms with van der Waals surface area (Å²) in [5.41, 5.74) is -1.06. The first-order valence-electron chi connectivity index (χ1n) is 13.3. The molecule has 0 unspecified atom stereocenters. The van der Waals surface area contributed by atoms with Crippen LogP contribution in [0.15, 0.2) is 23.0 Å². The molecule has 7 nitrogen and oxygen atoms in total. The summed E-state index contributed by atoms with van der Waals surface area (Å²) in [4.78, 5) is 28.5. The molecule has 1 aliphatic carbocycles. The highest BCUT2D eigenvalue weighted by atomic mass is 16.6. The number of carbonyl (C=O) groups excluding carboxylic acids is 1. The molecule has 36 heavy (non-hydrogen) atoms. The van der Waals surface area contributed by atoms with E-state index in [0.717, 1.165) is 25.7 Å². The summed E-state index contributed by atoms with van der Waals surface area (Å²) in [6, 6.07) is 5.59. The van der Waals surface area contributed by atoms with Gasteiger partial charge < -0.3 is 14.2 Å². The first-order valence-corrected chi connectivity index (χ1v) is 13.3. The van der Waals surface area contributed by atoms with Gasteiger partial charge in [-0.25, -0.2) is 4.79 Å². The van der Waals surface area contributed by atoms with E-state index in [0.29, 0.717) is 41.2 Å². The predicted octanol–water partition coefficient (Wildman–Crippen LogP) is 6.92. The van der Waals surface area contributed by atoms with Crippen molar-refractivity contribution in [1.29, 1.82) is 0 Å². The number of pyridine rings is 1. The molecule has 0 aliphatic heterocycles. The Morgan fingerprint density at radius 1 is 1.08 bits per heavy atom. The smallest absolute Gasteiger partial charge is 0.415 e. The van der Waals surface area contributed by atoms with E-state index in [1.807, 2.05) is 39.0 Å². The maximum atomic E-state index is 13.9. The number of carbonyl (C=O) groups is 1. The van der Waals surface area contributed by atoms with Crippen molar-refractivity contribution in [2.24, 2.45) is 5.41 Å². The monoisotopic (exact) mass is 500 g/mol. The lowest BCUT2D eigenvalue weighted by Gasteiger charge is -2.31. The van der Waals surface area contributed by atoms with Crippen molar-refractivity contribution >= 4 is 22.7 Å². The number of nitrogens with zero attached hydrogens (tertiary/aromatic N) is 2. The zero-order valence-corrected chi connectivity index (χ0v) is 23.4. The fourth-order valence-electron chi connectivity index (χ4n) is 4.49. The Kier molecular flexibility index (Phi) is 8.63. The molecule has 2 aromatic rings. The van der Waals surface area contributed by atoms with Crippen molar-refractivity contribution in [3.8, 4) is 11.5 Å². The minimum atomic E-state index is -0.678. The van der Waals surface area contributed by atoms with Gasteiger partial charge >= 0.3 is 6.09 Å². The van der Waals surface area contributed by atoms with Crippen LogP contribution in [0.1, 0.15) is 87.0 Å². The number of benzene rings is 1. The van der Waals surface area contributed by atoms with Gasteiger partial charge in [0, 0.05) is 19.0 Å². The van der Waals surface area contributed by atoms with E-state index < -0.39 is 11.7 Å². The van der Waals surface area contributed by atoms with Crippen molar-refractivity contribution < 1.29 is 19.0 Å². The van der Waals surface area contributed by atoms with Gasteiger partial charge in [0.2, 0.25) is 0 Å². The van der Waals surface area contributed by atoms with Crippen molar-refractivity contribution in [2.75, 3.05) is 18.6 Å². The number of rotatable bonds is 8. The van der Waals surface area contributed by atoms with E-state index in [1.165, 1.54) is 17.7 Å². The van der Waals surface area contributed by atoms with Crippen molar-refractivity contribution in [2.45, 2.75) is 105 Å². The second-order valence-corrected chi connectivity index (χ2v) is 12.1. The van der Waals surface area contributed by atoms with Crippen molar-refractivity contribution in [3.63, 3.8) is 0 Å². The molecule has 1 saturated carbocycles. The fourth-order valence-corrected chi connectivity index (χ4v) is 4.49. The van der Waals surface area contributed by atoms with Gasteiger partial charge in [-0.15, -0.1) is 0 Å². The second kappa shape index (κ2) is 11.1. The molecule has 3 rings (SSSR count). The number of unbranched alkanes of at least 4 members (excludes halogenated alkanes) is 1. The van der Waals surface area contributed by atoms with Crippen molar-refractivity contribution in [1.82, 2.24) is 4.57 Å². The van der Waals surface area contributed by atoms with E-state index >= 15 is 0 Å².